The van der Waals surface area contributed by atoms with Crippen LogP contribution in [-0.4, -0.2) is 42.6 Å². The Balaban J connectivity index is 1.60. The molecular formula is C18H19N5O2. The molecule has 0 radical (unpaired) electrons. The Labute approximate surface area is 145 Å². The minimum absolute atomic E-state index is 0.0927. The fourth-order valence-corrected chi connectivity index (χ4v) is 3.06. The molecule has 25 heavy (non-hydrogen) atoms. The number of pyridine rings is 1. The van der Waals surface area contributed by atoms with Crippen molar-refractivity contribution >= 4 is 5.91 Å². The van der Waals surface area contributed by atoms with Gasteiger partial charge < -0.3 is 18.8 Å². The fourth-order valence-electron chi connectivity index (χ4n) is 3.06. The van der Waals surface area contributed by atoms with E-state index in [1.165, 1.54) is 0 Å². The molecule has 4 rings (SSSR count). The van der Waals surface area contributed by atoms with Crippen LogP contribution in [0.3, 0.4) is 0 Å². The fraction of sp³-hybridized carbons (Fsp3) is 0.278. The number of hydrogen-bond donors (Lipinski definition) is 0. The molecule has 7 nitrogen and oxygen atoms in total. The second kappa shape index (κ2) is 6.43. The van der Waals surface area contributed by atoms with Gasteiger partial charge in [0.15, 0.2) is 0 Å². The third-order valence-corrected chi connectivity index (χ3v) is 4.24. The molecule has 0 aliphatic carbocycles. The summed E-state index contributed by atoms with van der Waals surface area (Å²) >= 11 is 0. The molecule has 0 saturated carbocycles. The predicted molar refractivity (Wildman–Crippen MR) is 91.0 cm³/mol. The first-order valence-corrected chi connectivity index (χ1v) is 8.18. The van der Waals surface area contributed by atoms with Gasteiger partial charge in [-0.1, -0.05) is 6.07 Å². The van der Waals surface area contributed by atoms with Crippen molar-refractivity contribution in [1.82, 2.24) is 24.0 Å². The van der Waals surface area contributed by atoms with Gasteiger partial charge in [0, 0.05) is 37.4 Å². The number of imidazole rings is 1. The number of aromatic nitrogens is 4. The Morgan fingerprint density at radius 3 is 2.88 bits per heavy atom. The number of ether oxygens (including phenoxy) is 1. The summed E-state index contributed by atoms with van der Waals surface area (Å²) in [5, 5.41) is 0. The molecule has 0 unspecified atom stereocenters. The Kier molecular flexibility index (Phi) is 3.97. The van der Waals surface area contributed by atoms with Crippen LogP contribution in [0.1, 0.15) is 16.2 Å². The Hall–Kier alpha value is -3.09. The minimum atomic E-state index is -0.184. The summed E-state index contributed by atoms with van der Waals surface area (Å²) < 4.78 is 9.93. The molecule has 128 valence electrons. The van der Waals surface area contributed by atoms with Crippen molar-refractivity contribution in [3.63, 3.8) is 0 Å². The highest BCUT2D eigenvalue weighted by Crippen LogP contribution is 2.18. The summed E-state index contributed by atoms with van der Waals surface area (Å²) in [6.07, 6.45) is 6.90. The molecule has 1 aliphatic rings. The lowest BCUT2D eigenvalue weighted by molar-refractivity contribution is 0.0641. The Bertz CT molecular complexity index is 870. The molecule has 0 aromatic carbocycles. The number of nitrogens with zero attached hydrogens (tertiary/aromatic N) is 5. The second-order valence-electron chi connectivity index (χ2n) is 6.17. The largest absolute Gasteiger partial charge is 0.471 e. The average Bonchev–Trinajstić information content (AvgIpc) is 3.20. The topological polar surface area (TPSA) is 65.2 Å². The molecule has 3 aromatic rings. The normalized spacial score (nSPS) is 17.0. The van der Waals surface area contributed by atoms with E-state index in [-0.39, 0.29) is 12.0 Å². The number of fused-ring (bicyclic) bond motifs is 1. The zero-order chi connectivity index (χ0) is 17.2. The van der Waals surface area contributed by atoms with Gasteiger partial charge in [-0.25, -0.2) is 9.97 Å². The smallest absolute Gasteiger partial charge is 0.274 e. The lowest BCUT2D eigenvalue weighted by atomic mass is 10.3. The van der Waals surface area contributed by atoms with E-state index < -0.39 is 0 Å². The van der Waals surface area contributed by atoms with Crippen molar-refractivity contribution in [2.75, 3.05) is 6.54 Å². The van der Waals surface area contributed by atoms with Gasteiger partial charge in [-0.15, -0.1) is 0 Å². The number of carbonyl (C=O) groups excluding carboxylic acids is 1. The van der Waals surface area contributed by atoms with E-state index in [4.69, 9.17) is 4.74 Å². The highest BCUT2D eigenvalue weighted by molar-refractivity contribution is 5.92. The van der Waals surface area contributed by atoms with E-state index >= 15 is 0 Å². The molecule has 1 amide bonds. The van der Waals surface area contributed by atoms with E-state index in [1.54, 1.807) is 28.2 Å². The van der Waals surface area contributed by atoms with Crippen LogP contribution in [-0.2, 0) is 20.1 Å². The van der Waals surface area contributed by atoms with Crippen molar-refractivity contribution in [1.29, 1.82) is 0 Å². The number of amides is 1. The summed E-state index contributed by atoms with van der Waals surface area (Å²) in [6, 6.07) is 9.58. The summed E-state index contributed by atoms with van der Waals surface area (Å²) in [6.45, 7) is 1.68. The summed E-state index contributed by atoms with van der Waals surface area (Å²) in [4.78, 5) is 23.1. The van der Waals surface area contributed by atoms with Crippen molar-refractivity contribution in [3.8, 4) is 5.88 Å². The van der Waals surface area contributed by atoms with Crippen molar-refractivity contribution < 1.29 is 9.53 Å². The minimum Gasteiger partial charge on any atom is -0.471 e. The molecule has 7 heteroatoms. The van der Waals surface area contributed by atoms with E-state index in [0.717, 1.165) is 5.69 Å². The van der Waals surface area contributed by atoms with Crippen LogP contribution in [0.4, 0.5) is 0 Å². The first-order chi connectivity index (χ1) is 12.2. The molecule has 0 fully saturated rings. The van der Waals surface area contributed by atoms with Gasteiger partial charge in [0.05, 0.1) is 26.0 Å². The highest BCUT2D eigenvalue weighted by Gasteiger charge is 2.27. The number of aryl methyl sites for hydroxylation is 1. The monoisotopic (exact) mass is 337 g/mol. The van der Waals surface area contributed by atoms with Crippen LogP contribution in [0.25, 0.3) is 0 Å². The van der Waals surface area contributed by atoms with Crippen LogP contribution >= 0.6 is 0 Å². The highest BCUT2D eigenvalue weighted by atomic mass is 16.5. The lowest BCUT2D eigenvalue weighted by Gasteiger charge is -2.23. The van der Waals surface area contributed by atoms with Gasteiger partial charge >= 0.3 is 0 Å². The van der Waals surface area contributed by atoms with Crippen LogP contribution < -0.4 is 4.74 Å². The van der Waals surface area contributed by atoms with E-state index in [1.807, 2.05) is 43.6 Å². The Morgan fingerprint density at radius 2 is 2.12 bits per heavy atom. The number of rotatable bonds is 3. The van der Waals surface area contributed by atoms with Crippen LogP contribution in [0.15, 0.2) is 55.2 Å². The zero-order valence-corrected chi connectivity index (χ0v) is 13.9. The van der Waals surface area contributed by atoms with Crippen molar-refractivity contribution in [2.45, 2.75) is 19.2 Å². The van der Waals surface area contributed by atoms with Crippen LogP contribution in [0.5, 0.6) is 5.88 Å². The summed E-state index contributed by atoms with van der Waals surface area (Å²) in [5.41, 5.74) is 1.52. The third-order valence-electron chi connectivity index (χ3n) is 4.24. The lowest BCUT2D eigenvalue weighted by Crippen LogP contribution is -2.38. The molecule has 1 atom stereocenters. The number of hydrogen-bond acceptors (Lipinski definition) is 4. The SMILES string of the molecule is Cn1cnc(C(=O)N2Cc3cccn3C[C@H](Oc3ccccn3)C2)c1. The summed E-state index contributed by atoms with van der Waals surface area (Å²) in [5.74, 6) is 0.471. The maximum absolute atomic E-state index is 12.9. The molecule has 0 spiro atoms. The predicted octanol–water partition coefficient (Wildman–Crippen LogP) is 1.72. The quantitative estimate of drug-likeness (QED) is 0.730. The second-order valence-corrected chi connectivity index (χ2v) is 6.17. The zero-order valence-electron chi connectivity index (χ0n) is 13.9. The van der Waals surface area contributed by atoms with Crippen LogP contribution in [0, 0.1) is 0 Å². The molecule has 1 aliphatic heterocycles. The van der Waals surface area contributed by atoms with E-state index in [0.29, 0.717) is 31.2 Å². The molecule has 0 N–H and O–H groups in total. The molecule has 3 aromatic heterocycles. The maximum Gasteiger partial charge on any atom is 0.274 e. The maximum atomic E-state index is 12.9. The van der Waals surface area contributed by atoms with Crippen molar-refractivity contribution in [3.05, 3.63) is 66.6 Å². The van der Waals surface area contributed by atoms with Gasteiger partial charge in [0.2, 0.25) is 5.88 Å². The first kappa shape index (κ1) is 15.4. The first-order valence-electron chi connectivity index (χ1n) is 8.18. The molecule has 0 saturated heterocycles. The third kappa shape index (κ3) is 3.26. The van der Waals surface area contributed by atoms with E-state index in [9.17, 15) is 4.79 Å². The molecular weight excluding hydrogens is 318 g/mol. The van der Waals surface area contributed by atoms with Crippen LogP contribution in [0.2, 0.25) is 0 Å². The number of carbonyl (C=O) groups is 1. The van der Waals surface area contributed by atoms with Gasteiger partial charge in [0.1, 0.15) is 11.8 Å². The van der Waals surface area contributed by atoms with Gasteiger partial charge in [-0.3, -0.25) is 4.79 Å². The van der Waals surface area contributed by atoms with E-state index in [2.05, 4.69) is 14.5 Å². The van der Waals surface area contributed by atoms with Gasteiger partial charge in [-0.2, -0.15) is 0 Å². The summed E-state index contributed by atoms with van der Waals surface area (Å²) in [7, 11) is 1.85. The Morgan fingerprint density at radius 1 is 1.20 bits per heavy atom. The van der Waals surface area contributed by atoms with Gasteiger partial charge in [0.25, 0.3) is 5.91 Å². The van der Waals surface area contributed by atoms with Crippen molar-refractivity contribution in [2.24, 2.45) is 7.05 Å². The average molecular weight is 337 g/mol. The molecule has 0 bridgehead atoms. The van der Waals surface area contributed by atoms with Gasteiger partial charge in [-0.05, 0) is 18.2 Å². The molecule has 4 heterocycles. The standard InChI is InChI=1S/C18H19N5O2/c1-21-12-16(20-13-21)18(24)23-9-14-5-4-8-22(14)10-15(11-23)25-17-6-2-3-7-19-17/h2-8,12-13,15H,9-11H2,1H3/t15-/m0/s1.